The summed E-state index contributed by atoms with van der Waals surface area (Å²) in [6, 6.07) is 18.8. The molecular formula is C16H17N. The quantitative estimate of drug-likeness (QED) is 0.781. The Morgan fingerprint density at radius 1 is 0.941 bits per heavy atom. The predicted octanol–water partition coefficient (Wildman–Crippen LogP) is 3.93. The van der Waals surface area contributed by atoms with E-state index in [1.165, 1.54) is 11.1 Å². The summed E-state index contributed by atoms with van der Waals surface area (Å²) in [5.41, 5.74) is 9.64. The Hall–Kier alpha value is -1.86. The molecule has 17 heavy (non-hydrogen) atoms. The van der Waals surface area contributed by atoms with E-state index in [1.54, 1.807) is 0 Å². The summed E-state index contributed by atoms with van der Waals surface area (Å²) in [5.74, 6) is 0. The second-order valence-corrected chi connectivity index (χ2v) is 4.12. The van der Waals surface area contributed by atoms with Crippen molar-refractivity contribution in [2.45, 2.75) is 12.5 Å². The van der Waals surface area contributed by atoms with Gasteiger partial charge in [0.2, 0.25) is 0 Å². The van der Waals surface area contributed by atoms with Gasteiger partial charge in [-0.3, -0.25) is 0 Å². The normalized spacial score (nSPS) is 12.1. The monoisotopic (exact) mass is 223 g/mol. The van der Waals surface area contributed by atoms with Gasteiger partial charge < -0.3 is 5.73 Å². The highest BCUT2D eigenvalue weighted by molar-refractivity contribution is 5.63. The average molecular weight is 223 g/mol. The van der Waals surface area contributed by atoms with E-state index in [4.69, 9.17) is 5.73 Å². The van der Waals surface area contributed by atoms with Crippen molar-refractivity contribution in [1.82, 2.24) is 0 Å². The second kappa shape index (κ2) is 5.46. The maximum Gasteiger partial charge on any atom is 0.0329 e. The van der Waals surface area contributed by atoms with Gasteiger partial charge >= 0.3 is 0 Å². The van der Waals surface area contributed by atoms with Crippen molar-refractivity contribution in [1.29, 1.82) is 0 Å². The van der Waals surface area contributed by atoms with E-state index in [2.05, 4.69) is 43.0 Å². The van der Waals surface area contributed by atoms with Gasteiger partial charge in [-0.05, 0) is 23.1 Å². The summed E-state index contributed by atoms with van der Waals surface area (Å²) in [4.78, 5) is 0. The smallest absolute Gasteiger partial charge is 0.0329 e. The lowest BCUT2D eigenvalue weighted by atomic mass is 10.00. The van der Waals surface area contributed by atoms with Gasteiger partial charge in [0.15, 0.2) is 0 Å². The average Bonchev–Trinajstić information content (AvgIpc) is 2.40. The molecular weight excluding hydrogens is 206 g/mol. The Balaban J connectivity index is 2.21. The Morgan fingerprint density at radius 3 is 2.12 bits per heavy atom. The van der Waals surface area contributed by atoms with Crippen LogP contribution in [0, 0.1) is 0 Å². The Kier molecular flexibility index (Phi) is 3.73. The second-order valence-electron chi connectivity index (χ2n) is 4.12. The molecule has 2 rings (SSSR count). The van der Waals surface area contributed by atoms with Crippen molar-refractivity contribution >= 4 is 0 Å². The molecule has 2 aromatic carbocycles. The van der Waals surface area contributed by atoms with Crippen LogP contribution in [0.15, 0.2) is 67.3 Å². The van der Waals surface area contributed by atoms with E-state index < -0.39 is 0 Å². The number of hydrogen-bond donors (Lipinski definition) is 1. The number of rotatable bonds is 4. The summed E-state index contributed by atoms with van der Waals surface area (Å²) >= 11 is 0. The highest BCUT2D eigenvalue weighted by atomic mass is 14.6. The molecule has 0 fully saturated rings. The summed E-state index contributed by atoms with van der Waals surface area (Å²) in [6.45, 7) is 3.71. The van der Waals surface area contributed by atoms with Gasteiger partial charge in [-0.15, -0.1) is 6.58 Å². The minimum absolute atomic E-state index is 0.0531. The topological polar surface area (TPSA) is 26.0 Å². The molecule has 0 radical (unpaired) electrons. The first-order chi connectivity index (χ1) is 8.31. The number of nitrogens with two attached hydrogens (primary N) is 1. The van der Waals surface area contributed by atoms with E-state index in [1.807, 2.05) is 24.3 Å². The van der Waals surface area contributed by atoms with Crippen LogP contribution in [0.1, 0.15) is 18.0 Å². The molecule has 86 valence electrons. The molecule has 0 saturated carbocycles. The van der Waals surface area contributed by atoms with Crippen molar-refractivity contribution in [3.8, 4) is 11.1 Å². The minimum atomic E-state index is 0.0531. The highest BCUT2D eigenvalue weighted by Gasteiger charge is 2.03. The fourth-order valence-electron chi connectivity index (χ4n) is 1.87. The third-order valence-corrected chi connectivity index (χ3v) is 2.87. The maximum absolute atomic E-state index is 6.02. The fourth-order valence-corrected chi connectivity index (χ4v) is 1.87. The SMILES string of the molecule is C=CCC(N)c1ccc(-c2ccccc2)cc1. The van der Waals surface area contributed by atoms with Crippen LogP contribution >= 0.6 is 0 Å². The Bertz CT molecular complexity index is 471. The molecule has 0 aliphatic carbocycles. The summed E-state index contributed by atoms with van der Waals surface area (Å²) in [7, 11) is 0. The van der Waals surface area contributed by atoms with E-state index in [0.29, 0.717) is 0 Å². The van der Waals surface area contributed by atoms with Crippen LogP contribution in [0.2, 0.25) is 0 Å². The molecule has 0 aromatic heterocycles. The molecule has 0 saturated heterocycles. The van der Waals surface area contributed by atoms with Crippen LogP contribution in [0.5, 0.6) is 0 Å². The van der Waals surface area contributed by atoms with Gasteiger partial charge in [-0.1, -0.05) is 60.7 Å². The van der Waals surface area contributed by atoms with E-state index in [9.17, 15) is 0 Å². The van der Waals surface area contributed by atoms with E-state index in [-0.39, 0.29) is 6.04 Å². The molecule has 1 atom stereocenters. The molecule has 1 heteroatoms. The lowest BCUT2D eigenvalue weighted by molar-refractivity contribution is 0.742. The third kappa shape index (κ3) is 2.83. The predicted molar refractivity (Wildman–Crippen MR) is 73.6 cm³/mol. The fraction of sp³-hybridized carbons (Fsp3) is 0.125. The van der Waals surface area contributed by atoms with Crippen LogP contribution < -0.4 is 5.73 Å². The van der Waals surface area contributed by atoms with Crippen LogP contribution in [-0.2, 0) is 0 Å². The molecule has 1 nitrogen and oxygen atoms in total. The Morgan fingerprint density at radius 2 is 1.53 bits per heavy atom. The number of benzene rings is 2. The molecule has 1 unspecified atom stereocenters. The molecule has 0 heterocycles. The van der Waals surface area contributed by atoms with Crippen LogP contribution in [0.25, 0.3) is 11.1 Å². The molecule has 0 aliphatic heterocycles. The van der Waals surface area contributed by atoms with Gasteiger partial charge in [0.25, 0.3) is 0 Å². The standard InChI is InChI=1S/C16H17N/c1-2-6-16(17)15-11-9-14(10-12-15)13-7-4-3-5-8-13/h2-5,7-12,16H,1,6,17H2. The largest absolute Gasteiger partial charge is 0.324 e. The van der Waals surface area contributed by atoms with E-state index in [0.717, 1.165) is 12.0 Å². The summed E-state index contributed by atoms with van der Waals surface area (Å²) in [5, 5.41) is 0. The molecule has 0 amide bonds. The zero-order valence-electron chi connectivity index (χ0n) is 9.84. The van der Waals surface area contributed by atoms with Gasteiger partial charge in [-0.2, -0.15) is 0 Å². The van der Waals surface area contributed by atoms with Gasteiger partial charge in [0, 0.05) is 6.04 Å². The summed E-state index contributed by atoms with van der Waals surface area (Å²) in [6.07, 6.45) is 2.67. The Labute approximate surface area is 103 Å². The first-order valence-electron chi connectivity index (χ1n) is 5.83. The maximum atomic E-state index is 6.02. The van der Waals surface area contributed by atoms with Gasteiger partial charge in [0.05, 0.1) is 0 Å². The van der Waals surface area contributed by atoms with Crippen molar-refractivity contribution < 1.29 is 0 Å². The molecule has 0 aliphatic rings. The summed E-state index contributed by atoms with van der Waals surface area (Å²) < 4.78 is 0. The molecule has 2 N–H and O–H groups in total. The van der Waals surface area contributed by atoms with Crippen molar-refractivity contribution in [3.05, 3.63) is 72.8 Å². The molecule has 0 spiro atoms. The third-order valence-electron chi connectivity index (χ3n) is 2.87. The van der Waals surface area contributed by atoms with Gasteiger partial charge in [-0.25, -0.2) is 0 Å². The first-order valence-corrected chi connectivity index (χ1v) is 5.83. The molecule has 0 bridgehead atoms. The zero-order chi connectivity index (χ0) is 12.1. The lowest BCUT2D eigenvalue weighted by Gasteiger charge is -2.10. The van der Waals surface area contributed by atoms with Crippen molar-refractivity contribution in [2.24, 2.45) is 5.73 Å². The zero-order valence-corrected chi connectivity index (χ0v) is 9.84. The molecule has 2 aromatic rings. The van der Waals surface area contributed by atoms with Crippen molar-refractivity contribution in [3.63, 3.8) is 0 Å². The van der Waals surface area contributed by atoms with Crippen LogP contribution in [-0.4, -0.2) is 0 Å². The van der Waals surface area contributed by atoms with E-state index >= 15 is 0 Å². The number of hydrogen-bond acceptors (Lipinski definition) is 1. The minimum Gasteiger partial charge on any atom is -0.324 e. The van der Waals surface area contributed by atoms with Gasteiger partial charge in [0.1, 0.15) is 0 Å². The van der Waals surface area contributed by atoms with Crippen LogP contribution in [0.4, 0.5) is 0 Å². The first kappa shape index (κ1) is 11.6. The van der Waals surface area contributed by atoms with Crippen LogP contribution in [0.3, 0.4) is 0 Å². The highest BCUT2D eigenvalue weighted by Crippen LogP contribution is 2.22. The lowest BCUT2D eigenvalue weighted by Crippen LogP contribution is -2.08. The van der Waals surface area contributed by atoms with Crippen molar-refractivity contribution in [2.75, 3.05) is 0 Å².